The third kappa shape index (κ3) is 3.24. The maximum Gasteiger partial charge on any atom is 0.261 e. The molecule has 30 heavy (non-hydrogen) atoms. The molecule has 150 valence electrons. The fourth-order valence-electron chi connectivity index (χ4n) is 3.55. The van der Waals surface area contributed by atoms with E-state index in [9.17, 15) is 19.5 Å². The number of hydrogen-bond acceptors (Lipinski definition) is 6. The molecule has 7 heteroatoms. The van der Waals surface area contributed by atoms with E-state index in [1.807, 2.05) is 6.92 Å². The van der Waals surface area contributed by atoms with E-state index in [0.29, 0.717) is 46.1 Å². The van der Waals surface area contributed by atoms with Crippen molar-refractivity contribution in [1.82, 2.24) is 4.90 Å². The Balaban J connectivity index is 1.78. The molecule has 0 atom stereocenters. The highest BCUT2D eigenvalue weighted by Crippen LogP contribution is 2.36. The number of unbranched alkanes of at least 4 members (excludes halogenated alkanes) is 1. The molecule has 0 bridgehead atoms. The summed E-state index contributed by atoms with van der Waals surface area (Å²) >= 11 is 0. The van der Waals surface area contributed by atoms with Gasteiger partial charge in [0.25, 0.3) is 11.8 Å². The maximum absolute atomic E-state index is 12.9. The maximum atomic E-state index is 12.9. The number of rotatable bonds is 6. The van der Waals surface area contributed by atoms with Gasteiger partial charge in [0.15, 0.2) is 6.29 Å². The van der Waals surface area contributed by atoms with E-state index in [4.69, 9.17) is 0 Å². The molecular formula is C23H19N3O4. The molecule has 4 rings (SSSR count). The minimum atomic E-state index is -0.296. The Labute approximate surface area is 172 Å². The number of azo groups is 1. The number of imide groups is 1. The number of carbonyl (C=O) groups excluding carboxylic acids is 3. The van der Waals surface area contributed by atoms with Crippen LogP contribution >= 0.6 is 0 Å². The van der Waals surface area contributed by atoms with Crippen LogP contribution in [0.3, 0.4) is 0 Å². The first kappa shape index (κ1) is 19.4. The molecule has 0 aliphatic carbocycles. The number of aldehydes is 1. The predicted molar refractivity (Wildman–Crippen MR) is 112 cm³/mol. The van der Waals surface area contributed by atoms with Crippen LogP contribution in [0.15, 0.2) is 58.8 Å². The van der Waals surface area contributed by atoms with Crippen molar-refractivity contribution in [3.63, 3.8) is 0 Å². The molecular weight excluding hydrogens is 382 g/mol. The van der Waals surface area contributed by atoms with Crippen LogP contribution < -0.4 is 0 Å². The normalized spacial score (nSPS) is 13.4. The van der Waals surface area contributed by atoms with Gasteiger partial charge in [-0.15, -0.1) is 5.11 Å². The van der Waals surface area contributed by atoms with Crippen LogP contribution in [0.5, 0.6) is 5.75 Å². The quantitative estimate of drug-likeness (QED) is 0.350. The van der Waals surface area contributed by atoms with Gasteiger partial charge in [-0.3, -0.25) is 19.3 Å². The van der Waals surface area contributed by atoms with Gasteiger partial charge in [-0.05, 0) is 42.8 Å². The first-order valence-corrected chi connectivity index (χ1v) is 9.67. The fraction of sp³-hybridized carbons (Fsp3) is 0.174. The molecule has 1 aliphatic rings. The number of phenolic OH excluding ortho intramolecular Hbond substituents is 1. The Morgan fingerprint density at radius 2 is 1.77 bits per heavy atom. The van der Waals surface area contributed by atoms with E-state index in [1.165, 1.54) is 23.1 Å². The molecule has 3 aromatic carbocycles. The lowest BCUT2D eigenvalue weighted by Gasteiger charge is -2.27. The Kier molecular flexibility index (Phi) is 5.10. The highest BCUT2D eigenvalue weighted by molar-refractivity contribution is 6.26. The highest BCUT2D eigenvalue weighted by atomic mass is 16.3. The van der Waals surface area contributed by atoms with Crippen LogP contribution in [0.4, 0.5) is 11.4 Å². The van der Waals surface area contributed by atoms with Gasteiger partial charge in [0.2, 0.25) is 0 Å². The van der Waals surface area contributed by atoms with Crippen molar-refractivity contribution < 1.29 is 19.5 Å². The SMILES string of the molecule is CCCCN1C(=O)c2cccc3c(N=Nc4ccc(O)c(C=O)c4)ccc(c23)C1=O. The summed E-state index contributed by atoms with van der Waals surface area (Å²) in [7, 11) is 0. The van der Waals surface area contributed by atoms with Gasteiger partial charge in [-0.2, -0.15) is 5.11 Å². The molecule has 0 fully saturated rings. The van der Waals surface area contributed by atoms with Crippen molar-refractivity contribution >= 4 is 40.2 Å². The van der Waals surface area contributed by atoms with Crippen molar-refractivity contribution in [1.29, 1.82) is 0 Å². The Hall–Kier alpha value is -3.87. The van der Waals surface area contributed by atoms with Gasteiger partial charge < -0.3 is 5.11 Å². The summed E-state index contributed by atoms with van der Waals surface area (Å²) in [4.78, 5) is 38.1. The van der Waals surface area contributed by atoms with Crippen LogP contribution in [-0.4, -0.2) is 34.7 Å². The summed E-state index contributed by atoms with van der Waals surface area (Å²) in [5, 5.41) is 19.3. The first-order chi connectivity index (χ1) is 14.5. The number of nitrogens with zero attached hydrogens (tertiary/aromatic N) is 3. The van der Waals surface area contributed by atoms with E-state index in [-0.39, 0.29) is 23.1 Å². The average Bonchev–Trinajstić information content (AvgIpc) is 2.77. The second kappa shape index (κ2) is 7.87. The van der Waals surface area contributed by atoms with E-state index in [0.717, 1.165) is 12.8 Å². The van der Waals surface area contributed by atoms with Gasteiger partial charge in [0, 0.05) is 28.4 Å². The lowest BCUT2D eigenvalue weighted by molar-refractivity contribution is 0.0608. The summed E-state index contributed by atoms with van der Waals surface area (Å²) < 4.78 is 0. The summed E-state index contributed by atoms with van der Waals surface area (Å²) in [6.07, 6.45) is 2.18. The lowest BCUT2D eigenvalue weighted by Crippen LogP contribution is -2.40. The van der Waals surface area contributed by atoms with E-state index >= 15 is 0 Å². The largest absolute Gasteiger partial charge is 0.507 e. The number of carbonyl (C=O) groups is 3. The number of phenols is 1. The summed E-state index contributed by atoms with van der Waals surface area (Å²) in [6, 6.07) is 13.0. The molecule has 0 saturated heterocycles. The standard InChI is InChI=1S/C23H19N3O4/c1-2-3-11-26-22(29)17-6-4-5-16-19(9-8-18(21(16)17)23(26)30)25-24-15-7-10-20(28)14(12-15)13-27/h4-10,12-13,28H,2-3,11H2,1H3. The average molecular weight is 401 g/mol. The monoisotopic (exact) mass is 401 g/mol. The van der Waals surface area contributed by atoms with Gasteiger partial charge in [0.05, 0.1) is 16.9 Å². The van der Waals surface area contributed by atoms with Crippen molar-refractivity contribution in [3.8, 4) is 5.75 Å². The fourth-order valence-corrected chi connectivity index (χ4v) is 3.55. The number of aromatic hydroxyl groups is 1. The number of hydrogen-bond donors (Lipinski definition) is 1. The third-order valence-corrected chi connectivity index (χ3v) is 5.12. The zero-order valence-corrected chi connectivity index (χ0v) is 16.3. The molecule has 0 aromatic heterocycles. The molecule has 2 amide bonds. The molecule has 1 heterocycles. The highest BCUT2D eigenvalue weighted by Gasteiger charge is 2.32. The molecule has 3 aromatic rings. The molecule has 0 saturated carbocycles. The van der Waals surface area contributed by atoms with Crippen molar-refractivity contribution in [2.75, 3.05) is 6.54 Å². The van der Waals surface area contributed by atoms with Gasteiger partial charge >= 0.3 is 0 Å². The second-order valence-electron chi connectivity index (χ2n) is 7.04. The smallest absolute Gasteiger partial charge is 0.261 e. The Bertz CT molecular complexity index is 1190. The molecule has 0 unspecified atom stereocenters. The molecule has 0 radical (unpaired) electrons. The topological polar surface area (TPSA) is 99.4 Å². The number of benzene rings is 3. The Morgan fingerprint density at radius 3 is 2.50 bits per heavy atom. The molecule has 1 N–H and O–H groups in total. The van der Waals surface area contributed by atoms with Crippen LogP contribution in [-0.2, 0) is 0 Å². The van der Waals surface area contributed by atoms with Gasteiger partial charge in [0.1, 0.15) is 5.75 Å². The first-order valence-electron chi connectivity index (χ1n) is 9.67. The van der Waals surface area contributed by atoms with Crippen LogP contribution in [0, 0.1) is 0 Å². The third-order valence-electron chi connectivity index (χ3n) is 5.12. The molecule has 0 spiro atoms. The summed E-state index contributed by atoms with van der Waals surface area (Å²) in [5.41, 5.74) is 1.96. The molecule has 1 aliphatic heterocycles. The van der Waals surface area contributed by atoms with E-state index in [1.54, 1.807) is 30.3 Å². The zero-order valence-electron chi connectivity index (χ0n) is 16.3. The predicted octanol–water partition coefficient (Wildman–Crippen LogP) is 5.17. The van der Waals surface area contributed by atoms with Crippen molar-refractivity contribution in [2.45, 2.75) is 19.8 Å². The minimum absolute atomic E-state index is 0.117. The van der Waals surface area contributed by atoms with E-state index < -0.39 is 0 Å². The second-order valence-corrected chi connectivity index (χ2v) is 7.04. The number of amides is 2. The van der Waals surface area contributed by atoms with Crippen LogP contribution in [0.25, 0.3) is 10.8 Å². The van der Waals surface area contributed by atoms with Gasteiger partial charge in [-0.1, -0.05) is 25.5 Å². The summed E-state index contributed by atoms with van der Waals surface area (Å²) in [5.74, 6) is -0.722. The van der Waals surface area contributed by atoms with E-state index in [2.05, 4.69) is 10.2 Å². The summed E-state index contributed by atoms with van der Waals surface area (Å²) in [6.45, 7) is 2.41. The minimum Gasteiger partial charge on any atom is -0.507 e. The van der Waals surface area contributed by atoms with Crippen molar-refractivity contribution in [2.24, 2.45) is 10.2 Å². The van der Waals surface area contributed by atoms with Gasteiger partial charge in [-0.25, -0.2) is 0 Å². The zero-order chi connectivity index (χ0) is 21.3. The Morgan fingerprint density at radius 1 is 1.00 bits per heavy atom. The van der Waals surface area contributed by atoms with Crippen LogP contribution in [0.2, 0.25) is 0 Å². The van der Waals surface area contributed by atoms with Crippen molar-refractivity contribution in [3.05, 3.63) is 65.2 Å². The lowest BCUT2D eigenvalue weighted by atomic mass is 9.93. The van der Waals surface area contributed by atoms with Crippen LogP contribution in [0.1, 0.15) is 50.8 Å². The molecule has 7 nitrogen and oxygen atoms in total.